The molecule has 0 aromatic heterocycles. The first-order valence-electron chi connectivity index (χ1n) is 8.71. The Hall–Kier alpha value is -3.42. The van der Waals surface area contributed by atoms with Crippen LogP contribution in [0.1, 0.15) is 16.7 Å². The molecule has 0 saturated heterocycles. The second kappa shape index (κ2) is 8.51. The number of aliphatic imine (C=N–C) groups is 1. The number of carbonyl (C=O) groups excluding carboxylic acids is 1. The van der Waals surface area contributed by atoms with E-state index in [1.165, 1.54) is 24.1 Å². The highest BCUT2D eigenvalue weighted by Crippen LogP contribution is 2.17. The lowest BCUT2D eigenvalue weighted by molar-refractivity contribution is 0.102. The maximum Gasteiger partial charge on any atom is 0.413 e. The van der Waals surface area contributed by atoms with E-state index in [4.69, 9.17) is 4.74 Å². The molecule has 1 aliphatic rings. The number of halogens is 1. The van der Waals surface area contributed by atoms with E-state index < -0.39 is 18.0 Å². The standard InChI is InChI=1S/C20H20FN3O4/c1-23(20(27)28-13-14-5-3-2-4-6-14)12-16-8-7-15(11-17(16)21)18-22-9-10-24(18)19(25)26/h2-8,11H,9-10,12-13H2,1H3,(H,25,26). The number of benzene rings is 2. The number of amidine groups is 1. The van der Waals surface area contributed by atoms with Gasteiger partial charge in [0.1, 0.15) is 18.3 Å². The Morgan fingerprint density at radius 3 is 2.68 bits per heavy atom. The van der Waals surface area contributed by atoms with Crippen LogP contribution < -0.4 is 0 Å². The largest absolute Gasteiger partial charge is 0.465 e. The van der Waals surface area contributed by atoms with E-state index in [1.54, 1.807) is 6.07 Å². The summed E-state index contributed by atoms with van der Waals surface area (Å²) in [7, 11) is 1.52. The summed E-state index contributed by atoms with van der Waals surface area (Å²) in [5.74, 6) is -0.311. The van der Waals surface area contributed by atoms with E-state index in [1.807, 2.05) is 30.3 Å². The molecule has 0 spiro atoms. The number of carbonyl (C=O) groups is 2. The Morgan fingerprint density at radius 2 is 2.00 bits per heavy atom. The quantitative estimate of drug-likeness (QED) is 0.856. The fraction of sp³-hybridized carbons (Fsp3) is 0.250. The predicted octanol–water partition coefficient (Wildman–Crippen LogP) is 3.33. The van der Waals surface area contributed by atoms with Crippen LogP contribution in [0.15, 0.2) is 53.5 Å². The molecule has 0 saturated carbocycles. The first kappa shape index (κ1) is 19.3. The molecule has 1 N–H and O–H groups in total. The Labute approximate surface area is 161 Å². The van der Waals surface area contributed by atoms with Gasteiger partial charge in [0, 0.05) is 18.2 Å². The molecule has 0 bridgehead atoms. The molecule has 0 fully saturated rings. The number of amides is 2. The first-order valence-corrected chi connectivity index (χ1v) is 8.71. The predicted molar refractivity (Wildman–Crippen MR) is 101 cm³/mol. The number of hydrogen-bond donors (Lipinski definition) is 1. The van der Waals surface area contributed by atoms with Gasteiger partial charge in [-0.05, 0) is 11.6 Å². The van der Waals surface area contributed by atoms with Crippen molar-refractivity contribution in [1.82, 2.24) is 9.80 Å². The van der Waals surface area contributed by atoms with Crippen molar-refractivity contribution in [1.29, 1.82) is 0 Å². The molecule has 1 heterocycles. The van der Waals surface area contributed by atoms with Crippen molar-refractivity contribution in [3.05, 3.63) is 71.0 Å². The zero-order valence-electron chi connectivity index (χ0n) is 15.3. The topological polar surface area (TPSA) is 82.4 Å². The number of hydrogen-bond acceptors (Lipinski definition) is 4. The number of nitrogens with zero attached hydrogens (tertiary/aromatic N) is 3. The van der Waals surface area contributed by atoms with Crippen LogP contribution >= 0.6 is 0 Å². The summed E-state index contributed by atoms with van der Waals surface area (Å²) in [6.07, 6.45) is -1.69. The molecule has 0 aliphatic carbocycles. The lowest BCUT2D eigenvalue weighted by atomic mass is 10.1. The van der Waals surface area contributed by atoms with Gasteiger partial charge in [0.05, 0.1) is 19.6 Å². The van der Waals surface area contributed by atoms with Gasteiger partial charge in [-0.25, -0.2) is 14.0 Å². The van der Waals surface area contributed by atoms with E-state index in [0.29, 0.717) is 17.7 Å². The molecule has 0 radical (unpaired) electrons. The second-order valence-electron chi connectivity index (χ2n) is 6.34. The fourth-order valence-corrected chi connectivity index (χ4v) is 2.84. The molecule has 2 amide bonds. The molecule has 146 valence electrons. The van der Waals surface area contributed by atoms with Crippen LogP contribution in [-0.2, 0) is 17.9 Å². The van der Waals surface area contributed by atoms with Gasteiger partial charge in [-0.2, -0.15) is 0 Å². The smallest absolute Gasteiger partial charge is 0.413 e. The lowest BCUT2D eigenvalue weighted by Gasteiger charge is -2.18. The molecule has 0 unspecified atom stereocenters. The summed E-state index contributed by atoms with van der Waals surface area (Å²) in [5, 5.41) is 9.18. The van der Waals surface area contributed by atoms with Crippen molar-refractivity contribution in [3.8, 4) is 0 Å². The van der Waals surface area contributed by atoms with E-state index in [9.17, 15) is 19.1 Å². The minimum Gasteiger partial charge on any atom is -0.465 e. The summed E-state index contributed by atoms with van der Waals surface area (Å²) >= 11 is 0. The van der Waals surface area contributed by atoms with Gasteiger partial charge < -0.3 is 14.7 Å². The summed E-state index contributed by atoms with van der Waals surface area (Å²) in [6.45, 7) is 0.760. The molecule has 1 aliphatic heterocycles. The molecule has 7 nitrogen and oxygen atoms in total. The summed E-state index contributed by atoms with van der Waals surface area (Å²) in [4.78, 5) is 29.8. The van der Waals surface area contributed by atoms with E-state index in [-0.39, 0.29) is 25.5 Å². The van der Waals surface area contributed by atoms with Crippen molar-refractivity contribution in [3.63, 3.8) is 0 Å². The molecule has 28 heavy (non-hydrogen) atoms. The minimum absolute atomic E-state index is 0.0227. The van der Waals surface area contributed by atoms with Gasteiger partial charge in [0.25, 0.3) is 0 Å². The average Bonchev–Trinajstić information content (AvgIpc) is 3.18. The van der Waals surface area contributed by atoms with Crippen molar-refractivity contribution >= 4 is 18.0 Å². The van der Waals surface area contributed by atoms with Gasteiger partial charge >= 0.3 is 12.2 Å². The zero-order valence-corrected chi connectivity index (χ0v) is 15.3. The van der Waals surface area contributed by atoms with Crippen LogP contribution in [0, 0.1) is 5.82 Å². The highest BCUT2D eigenvalue weighted by molar-refractivity contribution is 6.07. The Morgan fingerprint density at radius 1 is 1.25 bits per heavy atom. The van der Waals surface area contributed by atoms with Crippen LogP contribution in [0.2, 0.25) is 0 Å². The molecule has 3 rings (SSSR count). The van der Waals surface area contributed by atoms with E-state index >= 15 is 0 Å². The van der Waals surface area contributed by atoms with Crippen molar-refractivity contribution in [2.75, 3.05) is 20.1 Å². The third-order valence-corrected chi connectivity index (χ3v) is 4.31. The Kier molecular flexibility index (Phi) is 5.88. The number of rotatable bonds is 5. The highest BCUT2D eigenvalue weighted by atomic mass is 19.1. The van der Waals surface area contributed by atoms with Crippen molar-refractivity contribution in [2.45, 2.75) is 13.2 Å². The minimum atomic E-state index is -1.12. The van der Waals surface area contributed by atoms with Crippen LogP contribution in [0.5, 0.6) is 0 Å². The summed E-state index contributed by atoms with van der Waals surface area (Å²) < 4.78 is 19.7. The highest BCUT2D eigenvalue weighted by Gasteiger charge is 2.25. The molecule has 8 heteroatoms. The second-order valence-corrected chi connectivity index (χ2v) is 6.34. The van der Waals surface area contributed by atoms with E-state index in [2.05, 4.69) is 4.99 Å². The van der Waals surface area contributed by atoms with Crippen LogP contribution in [0.3, 0.4) is 0 Å². The maximum absolute atomic E-state index is 14.5. The zero-order chi connectivity index (χ0) is 20.1. The Balaban J connectivity index is 1.62. The fourth-order valence-electron chi connectivity index (χ4n) is 2.84. The van der Waals surface area contributed by atoms with Crippen molar-refractivity contribution in [2.24, 2.45) is 4.99 Å². The monoisotopic (exact) mass is 385 g/mol. The van der Waals surface area contributed by atoms with Crippen molar-refractivity contribution < 1.29 is 23.8 Å². The summed E-state index contributed by atoms with van der Waals surface area (Å²) in [6, 6.07) is 13.6. The van der Waals surface area contributed by atoms with Crippen LogP contribution in [-0.4, -0.2) is 53.1 Å². The Bertz CT molecular complexity index is 902. The normalized spacial score (nSPS) is 13.2. The van der Waals surface area contributed by atoms with Gasteiger partial charge in [-0.1, -0.05) is 42.5 Å². The lowest BCUT2D eigenvalue weighted by Crippen LogP contribution is -2.33. The third-order valence-electron chi connectivity index (χ3n) is 4.31. The van der Waals surface area contributed by atoms with Gasteiger partial charge in [-0.3, -0.25) is 9.89 Å². The number of ether oxygens (including phenoxy) is 1. The first-order chi connectivity index (χ1) is 13.5. The third kappa shape index (κ3) is 4.46. The van der Waals surface area contributed by atoms with Crippen LogP contribution in [0.4, 0.5) is 14.0 Å². The van der Waals surface area contributed by atoms with Gasteiger partial charge in [0.15, 0.2) is 0 Å². The SMILES string of the molecule is CN(Cc1ccc(C2=NCCN2C(=O)O)cc1F)C(=O)OCc1ccccc1. The van der Waals surface area contributed by atoms with Gasteiger partial charge in [0.2, 0.25) is 0 Å². The molecule has 0 atom stereocenters. The maximum atomic E-state index is 14.5. The van der Waals surface area contributed by atoms with E-state index in [0.717, 1.165) is 10.5 Å². The average molecular weight is 385 g/mol. The van der Waals surface area contributed by atoms with Gasteiger partial charge in [-0.15, -0.1) is 0 Å². The number of carboxylic acid groups (broad SMARTS) is 1. The van der Waals surface area contributed by atoms with Crippen LogP contribution in [0.25, 0.3) is 0 Å². The molecule has 2 aromatic rings. The molecular weight excluding hydrogens is 365 g/mol. The summed E-state index contributed by atoms with van der Waals surface area (Å²) in [5.41, 5.74) is 1.54. The molecule has 2 aromatic carbocycles. The molecular formula is C20H20FN3O4.